The van der Waals surface area contributed by atoms with Gasteiger partial charge in [0.1, 0.15) is 5.76 Å². The Morgan fingerprint density at radius 1 is 1.30 bits per heavy atom. The zero-order valence-electron chi connectivity index (χ0n) is 12.5. The van der Waals surface area contributed by atoms with Gasteiger partial charge in [-0.2, -0.15) is 0 Å². The molecule has 0 aliphatic rings. The van der Waals surface area contributed by atoms with Gasteiger partial charge in [-0.05, 0) is 42.8 Å². The largest absolute Gasteiger partial charge is 0.467 e. The molecule has 1 aromatic heterocycles. The standard InChI is InChI=1S/C17H16BrNO4/c1-12(17(21)19-11-15-3-2-10-22-15)23-16(20)9-6-13-4-7-14(18)8-5-13/h2-10,12H,11H2,1H3,(H,19,21)/b9-6+/t12-/m0/s1. The van der Waals surface area contributed by atoms with E-state index in [0.29, 0.717) is 5.76 Å². The van der Waals surface area contributed by atoms with Crippen LogP contribution in [0.15, 0.2) is 57.6 Å². The number of esters is 1. The molecule has 0 spiro atoms. The lowest BCUT2D eigenvalue weighted by Gasteiger charge is -2.11. The minimum absolute atomic E-state index is 0.252. The molecule has 6 heteroatoms. The van der Waals surface area contributed by atoms with Crippen LogP contribution in [0.25, 0.3) is 6.08 Å². The Balaban J connectivity index is 1.79. The molecule has 0 fully saturated rings. The van der Waals surface area contributed by atoms with Crippen molar-refractivity contribution < 1.29 is 18.7 Å². The number of hydrogen-bond acceptors (Lipinski definition) is 4. The van der Waals surface area contributed by atoms with Crippen LogP contribution in [0.4, 0.5) is 0 Å². The highest BCUT2D eigenvalue weighted by atomic mass is 79.9. The number of carbonyl (C=O) groups excluding carboxylic acids is 2. The van der Waals surface area contributed by atoms with Crippen LogP contribution in [0.2, 0.25) is 0 Å². The first-order valence-corrected chi connectivity index (χ1v) is 7.78. The van der Waals surface area contributed by atoms with Crippen molar-refractivity contribution in [2.75, 3.05) is 0 Å². The fourth-order valence-corrected chi connectivity index (χ4v) is 2.00. The number of benzene rings is 1. The summed E-state index contributed by atoms with van der Waals surface area (Å²) < 4.78 is 11.1. The van der Waals surface area contributed by atoms with Crippen LogP contribution in [0, 0.1) is 0 Å². The molecule has 0 saturated heterocycles. The maximum absolute atomic E-state index is 11.8. The SMILES string of the molecule is C[C@H](OC(=O)/C=C/c1ccc(Br)cc1)C(=O)NCc1ccco1. The monoisotopic (exact) mass is 377 g/mol. The number of halogens is 1. The summed E-state index contributed by atoms with van der Waals surface area (Å²) in [5.74, 6) is -0.327. The summed E-state index contributed by atoms with van der Waals surface area (Å²) >= 11 is 3.34. The van der Waals surface area contributed by atoms with Gasteiger partial charge in [-0.1, -0.05) is 28.1 Å². The van der Waals surface area contributed by atoms with Crippen LogP contribution in [0.1, 0.15) is 18.2 Å². The highest BCUT2D eigenvalue weighted by Crippen LogP contribution is 2.11. The lowest BCUT2D eigenvalue weighted by atomic mass is 10.2. The minimum atomic E-state index is -0.882. The second-order valence-electron chi connectivity index (χ2n) is 4.76. The molecule has 5 nitrogen and oxygen atoms in total. The number of carbonyl (C=O) groups is 2. The third-order valence-corrected chi connectivity index (χ3v) is 3.49. The quantitative estimate of drug-likeness (QED) is 0.619. The fourth-order valence-electron chi connectivity index (χ4n) is 1.74. The van der Waals surface area contributed by atoms with Gasteiger partial charge in [-0.3, -0.25) is 4.79 Å². The molecule has 1 aromatic carbocycles. The molecular formula is C17H16BrNO4. The third-order valence-electron chi connectivity index (χ3n) is 2.96. The van der Waals surface area contributed by atoms with Gasteiger partial charge in [0.15, 0.2) is 6.10 Å². The molecule has 1 heterocycles. The summed E-state index contributed by atoms with van der Waals surface area (Å²) in [7, 11) is 0. The van der Waals surface area contributed by atoms with Gasteiger partial charge in [0.25, 0.3) is 5.91 Å². The zero-order chi connectivity index (χ0) is 16.7. The number of furan rings is 1. The van der Waals surface area contributed by atoms with Gasteiger partial charge < -0.3 is 14.5 Å². The number of nitrogens with one attached hydrogen (secondary N) is 1. The van der Waals surface area contributed by atoms with Crippen molar-refractivity contribution in [3.63, 3.8) is 0 Å². The van der Waals surface area contributed by atoms with E-state index in [0.717, 1.165) is 10.0 Å². The first-order valence-electron chi connectivity index (χ1n) is 6.99. The Kier molecular flexibility index (Phi) is 6.17. The Morgan fingerprint density at radius 2 is 2.04 bits per heavy atom. The number of ether oxygens (including phenoxy) is 1. The van der Waals surface area contributed by atoms with E-state index in [9.17, 15) is 9.59 Å². The Labute approximate surface area is 142 Å². The van der Waals surface area contributed by atoms with E-state index < -0.39 is 12.1 Å². The van der Waals surface area contributed by atoms with E-state index in [2.05, 4.69) is 21.2 Å². The van der Waals surface area contributed by atoms with Gasteiger partial charge in [0, 0.05) is 10.5 Å². The maximum atomic E-state index is 11.8. The third kappa shape index (κ3) is 5.75. The number of rotatable bonds is 6. The number of hydrogen-bond donors (Lipinski definition) is 1. The molecule has 1 atom stereocenters. The minimum Gasteiger partial charge on any atom is -0.467 e. The average molecular weight is 378 g/mol. The van der Waals surface area contributed by atoms with Crippen LogP contribution in [-0.2, 0) is 20.9 Å². The van der Waals surface area contributed by atoms with Crippen LogP contribution >= 0.6 is 15.9 Å². The molecule has 0 radical (unpaired) electrons. The molecule has 23 heavy (non-hydrogen) atoms. The summed E-state index contributed by atoms with van der Waals surface area (Å²) in [6, 6.07) is 10.9. The first-order chi connectivity index (χ1) is 11.0. The van der Waals surface area contributed by atoms with E-state index in [1.165, 1.54) is 19.3 Å². The van der Waals surface area contributed by atoms with E-state index in [1.807, 2.05) is 24.3 Å². The predicted octanol–water partition coefficient (Wildman–Crippen LogP) is 3.30. The Bertz CT molecular complexity index is 677. The Morgan fingerprint density at radius 3 is 2.70 bits per heavy atom. The molecule has 0 saturated carbocycles. The predicted molar refractivity (Wildman–Crippen MR) is 89.3 cm³/mol. The Hall–Kier alpha value is -2.34. The van der Waals surface area contributed by atoms with E-state index in [-0.39, 0.29) is 12.5 Å². The summed E-state index contributed by atoms with van der Waals surface area (Å²) in [5, 5.41) is 2.63. The highest BCUT2D eigenvalue weighted by Gasteiger charge is 2.16. The van der Waals surface area contributed by atoms with E-state index >= 15 is 0 Å². The van der Waals surface area contributed by atoms with Crippen LogP contribution in [0.5, 0.6) is 0 Å². The van der Waals surface area contributed by atoms with Crippen molar-refractivity contribution >= 4 is 33.9 Å². The molecule has 1 N–H and O–H groups in total. The van der Waals surface area contributed by atoms with E-state index in [1.54, 1.807) is 18.2 Å². The van der Waals surface area contributed by atoms with Crippen LogP contribution < -0.4 is 5.32 Å². The van der Waals surface area contributed by atoms with Gasteiger partial charge in [-0.15, -0.1) is 0 Å². The summed E-state index contributed by atoms with van der Waals surface area (Å²) in [5.41, 5.74) is 0.861. The van der Waals surface area contributed by atoms with Gasteiger partial charge in [0.05, 0.1) is 12.8 Å². The molecule has 2 rings (SSSR count). The van der Waals surface area contributed by atoms with Crippen molar-refractivity contribution in [3.05, 3.63) is 64.5 Å². The smallest absolute Gasteiger partial charge is 0.331 e. The van der Waals surface area contributed by atoms with Gasteiger partial charge >= 0.3 is 5.97 Å². The topological polar surface area (TPSA) is 68.5 Å². The zero-order valence-corrected chi connectivity index (χ0v) is 14.1. The molecule has 2 aromatic rings. The molecule has 0 bridgehead atoms. The van der Waals surface area contributed by atoms with Gasteiger partial charge in [-0.25, -0.2) is 4.79 Å². The normalized spacial score (nSPS) is 12.1. The lowest BCUT2D eigenvalue weighted by Crippen LogP contribution is -2.35. The van der Waals surface area contributed by atoms with E-state index in [4.69, 9.17) is 9.15 Å². The van der Waals surface area contributed by atoms with Crippen molar-refractivity contribution in [1.29, 1.82) is 0 Å². The van der Waals surface area contributed by atoms with Crippen molar-refractivity contribution in [3.8, 4) is 0 Å². The average Bonchev–Trinajstić information content (AvgIpc) is 3.05. The summed E-state index contributed by atoms with van der Waals surface area (Å²) in [4.78, 5) is 23.5. The van der Waals surface area contributed by atoms with Crippen molar-refractivity contribution in [2.24, 2.45) is 0 Å². The highest BCUT2D eigenvalue weighted by molar-refractivity contribution is 9.10. The molecule has 120 valence electrons. The second kappa shape index (κ2) is 8.33. The first kappa shape index (κ1) is 17.0. The van der Waals surface area contributed by atoms with Crippen LogP contribution in [-0.4, -0.2) is 18.0 Å². The second-order valence-corrected chi connectivity index (χ2v) is 5.68. The molecule has 0 aliphatic carbocycles. The fraction of sp³-hybridized carbons (Fsp3) is 0.176. The maximum Gasteiger partial charge on any atom is 0.331 e. The van der Waals surface area contributed by atoms with Crippen molar-refractivity contribution in [1.82, 2.24) is 5.32 Å². The molecular weight excluding hydrogens is 362 g/mol. The molecule has 0 unspecified atom stereocenters. The number of amides is 1. The van der Waals surface area contributed by atoms with Crippen molar-refractivity contribution in [2.45, 2.75) is 19.6 Å². The van der Waals surface area contributed by atoms with Crippen LogP contribution in [0.3, 0.4) is 0 Å². The lowest BCUT2D eigenvalue weighted by molar-refractivity contribution is -0.150. The molecule has 0 aliphatic heterocycles. The van der Waals surface area contributed by atoms with Gasteiger partial charge in [0.2, 0.25) is 0 Å². The molecule has 1 amide bonds. The summed E-state index contributed by atoms with van der Waals surface area (Å²) in [6.07, 6.45) is 3.56. The summed E-state index contributed by atoms with van der Waals surface area (Å²) in [6.45, 7) is 1.77.